The van der Waals surface area contributed by atoms with Crippen molar-refractivity contribution in [2.75, 3.05) is 0 Å². The molecular weight excluding hydrogens is 188 g/mol. The van der Waals surface area contributed by atoms with Gasteiger partial charge in [-0.15, -0.1) is 0 Å². The van der Waals surface area contributed by atoms with Crippen molar-refractivity contribution in [3.8, 4) is 0 Å². The maximum absolute atomic E-state index is 3.92. The molecule has 0 saturated carbocycles. The zero-order valence-electron chi connectivity index (χ0n) is 5.52. The summed E-state index contributed by atoms with van der Waals surface area (Å²) in [7, 11) is 0. The normalized spacial score (nSPS) is 14.3. The van der Waals surface area contributed by atoms with Gasteiger partial charge in [0, 0.05) is 4.47 Å². The topological polar surface area (TPSA) is 0 Å². The molecule has 0 fully saturated rings. The fourth-order valence-electron chi connectivity index (χ4n) is 1.25. The minimum Gasteiger partial charge on any atom is -0.0949 e. The predicted molar refractivity (Wildman–Crippen MR) is 46.9 cm³/mol. The Morgan fingerprint density at radius 3 is 2.80 bits per heavy atom. The standard InChI is InChI=1S/C9H7Br/c1-6-4-7-2-3-8(10)5-9(6)7/h2-3,5H,1,4H2. The van der Waals surface area contributed by atoms with E-state index in [1.54, 1.807) is 0 Å². The molecule has 0 unspecified atom stereocenters. The molecule has 50 valence electrons. The number of hydrogen-bond acceptors (Lipinski definition) is 0. The largest absolute Gasteiger partial charge is 0.0949 e. The minimum absolute atomic E-state index is 1.07. The first-order chi connectivity index (χ1) is 4.77. The van der Waals surface area contributed by atoms with Crippen molar-refractivity contribution < 1.29 is 0 Å². The van der Waals surface area contributed by atoms with Gasteiger partial charge in [-0.3, -0.25) is 0 Å². The summed E-state index contributed by atoms with van der Waals surface area (Å²) in [6.07, 6.45) is 1.07. The van der Waals surface area contributed by atoms with E-state index in [-0.39, 0.29) is 0 Å². The molecule has 0 N–H and O–H groups in total. The van der Waals surface area contributed by atoms with Crippen molar-refractivity contribution in [3.63, 3.8) is 0 Å². The predicted octanol–water partition coefficient (Wildman–Crippen LogP) is 3.02. The quantitative estimate of drug-likeness (QED) is 0.596. The molecule has 10 heavy (non-hydrogen) atoms. The first kappa shape index (κ1) is 6.17. The molecule has 0 bridgehead atoms. The molecule has 1 heteroatoms. The fraction of sp³-hybridized carbons (Fsp3) is 0.111. The van der Waals surface area contributed by atoms with Crippen LogP contribution in [0.2, 0.25) is 0 Å². The Morgan fingerprint density at radius 1 is 1.40 bits per heavy atom. The molecule has 0 saturated heterocycles. The van der Waals surface area contributed by atoms with Gasteiger partial charge < -0.3 is 0 Å². The number of fused-ring (bicyclic) bond motifs is 1. The lowest BCUT2D eigenvalue weighted by Gasteiger charge is -2.21. The third kappa shape index (κ3) is 0.739. The maximum atomic E-state index is 3.92. The molecule has 1 aromatic carbocycles. The smallest absolute Gasteiger partial charge is 0.0181 e. The van der Waals surface area contributed by atoms with Gasteiger partial charge in [0.2, 0.25) is 0 Å². The lowest BCUT2D eigenvalue weighted by Crippen LogP contribution is -2.04. The van der Waals surface area contributed by atoms with Crippen molar-refractivity contribution in [2.45, 2.75) is 6.42 Å². The van der Waals surface area contributed by atoms with Crippen molar-refractivity contribution >= 4 is 21.5 Å². The molecule has 0 aliphatic heterocycles. The van der Waals surface area contributed by atoms with Crippen LogP contribution in [0, 0.1) is 0 Å². The molecule has 0 atom stereocenters. The molecule has 2 rings (SSSR count). The zero-order chi connectivity index (χ0) is 7.14. The molecule has 0 amide bonds. The Labute approximate surface area is 68.7 Å². The monoisotopic (exact) mass is 194 g/mol. The van der Waals surface area contributed by atoms with Crippen LogP contribution in [0.5, 0.6) is 0 Å². The molecule has 0 heterocycles. The number of halogens is 1. The molecular formula is C9H7Br. The summed E-state index contributed by atoms with van der Waals surface area (Å²) in [4.78, 5) is 0. The second-order valence-electron chi connectivity index (χ2n) is 2.58. The average Bonchev–Trinajstić information content (AvgIpc) is 1.92. The average molecular weight is 195 g/mol. The lowest BCUT2D eigenvalue weighted by molar-refractivity contribution is 1.17. The first-order valence-electron chi connectivity index (χ1n) is 3.24. The first-order valence-corrected chi connectivity index (χ1v) is 4.03. The van der Waals surface area contributed by atoms with Crippen LogP contribution in [0.15, 0.2) is 29.3 Å². The third-order valence-corrected chi connectivity index (χ3v) is 2.35. The SMILES string of the molecule is C=C1Cc2ccc(Br)cc21. The molecule has 0 nitrogen and oxygen atoms in total. The van der Waals surface area contributed by atoms with Crippen LogP contribution in [0.1, 0.15) is 11.1 Å². The summed E-state index contributed by atoms with van der Waals surface area (Å²) in [5.41, 5.74) is 4.01. The molecule has 1 aliphatic carbocycles. The Kier molecular flexibility index (Phi) is 1.21. The highest BCUT2D eigenvalue weighted by molar-refractivity contribution is 9.10. The number of hydrogen-bond donors (Lipinski definition) is 0. The molecule has 1 aliphatic rings. The zero-order valence-corrected chi connectivity index (χ0v) is 7.11. The Morgan fingerprint density at radius 2 is 2.20 bits per heavy atom. The highest BCUT2D eigenvalue weighted by atomic mass is 79.9. The van der Waals surface area contributed by atoms with Gasteiger partial charge in [0.1, 0.15) is 0 Å². The van der Waals surface area contributed by atoms with E-state index in [4.69, 9.17) is 0 Å². The lowest BCUT2D eigenvalue weighted by atomic mass is 9.84. The van der Waals surface area contributed by atoms with Crippen molar-refractivity contribution in [3.05, 3.63) is 40.4 Å². The van der Waals surface area contributed by atoms with Crippen LogP contribution in [-0.2, 0) is 6.42 Å². The Hall–Kier alpha value is -0.560. The second kappa shape index (κ2) is 1.96. The van der Waals surface area contributed by atoms with E-state index in [0.29, 0.717) is 0 Å². The van der Waals surface area contributed by atoms with E-state index in [1.807, 2.05) is 0 Å². The van der Waals surface area contributed by atoms with Crippen LogP contribution < -0.4 is 0 Å². The van der Waals surface area contributed by atoms with E-state index in [1.165, 1.54) is 16.7 Å². The fourth-order valence-corrected chi connectivity index (χ4v) is 1.61. The van der Waals surface area contributed by atoms with E-state index in [2.05, 4.69) is 40.7 Å². The van der Waals surface area contributed by atoms with Gasteiger partial charge in [-0.25, -0.2) is 0 Å². The Balaban J connectivity index is 2.61. The van der Waals surface area contributed by atoms with Crippen LogP contribution in [0.25, 0.3) is 5.57 Å². The summed E-state index contributed by atoms with van der Waals surface area (Å²) in [6, 6.07) is 6.35. The van der Waals surface area contributed by atoms with E-state index in [0.717, 1.165) is 10.9 Å². The van der Waals surface area contributed by atoms with Gasteiger partial charge in [0.05, 0.1) is 0 Å². The van der Waals surface area contributed by atoms with E-state index < -0.39 is 0 Å². The van der Waals surface area contributed by atoms with Crippen molar-refractivity contribution in [1.82, 2.24) is 0 Å². The van der Waals surface area contributed by atoms with Gasteiger partial charge in [-0.2, -0.15) is 0 Å². The third-order valence-electron chi connectivity index (χ3n) is 1.86. The van der Waals surface area contributed by atoms with Crippen LogP contribution in [0.3, 0.4) is 0 Å². The van der Waals surface area contributed by atoms with Gasteiger partial charge in [-0.1, -0.05) is 28.6 Å². The molecule has 0 radical (unpaired) electrons. The molecule has 0 aromatic heterocycles. The summed E-state index contributed by atoms with van der Waals surface area (Å²) in [6.45, 7) is 3.92. The van der Waals surface area contributed by atoms with Gasteiger partial charge in [-0.05, 0) is 35.3 Å². The summed E-state index contributed by atoms with van der Waals surface area (Å²) in [5.74, 6) is 0. The van der Waals surface area contributed by atoms with Gasteiger partial charge >= 0.3 is 0 Å². The highest BCUT2D eigenvalue weighted by Crippen LogP contribution is 2.34. The van der Waals surface area contributed by atoms with Gasteiger partial charge in [0.15, 0.2) is 0 Å². The van der Waals surface area contributed by atoms with Crippen molar-refractivity contribution in [1.29, 1.82) is 0 Å². The summed E-state index contributed by atoms with van der Waals surface area (Å²) < 4.78 is 1.15. The van der Waals surface area contributed by atoms with E-state index >= 15 is 0 Å². The highest BCUT2D eigenvalue weighted by Gasteiger charge is 2.16. The Bertz CT molecular complexity index is 300. The van der Waals surface area contributed by atoms with Crippen LogP contribution in [-0.4, -0.2) is 0 Å². The molecule has 1 aromatic rings. The maximum Gasteiger partial charge on any atom is 0.0181 e. The second-order valence-corrected chi connectivity index (χ2v) is 3.50. The number of benzene rings is 1. The number of rotatable bonds is 0. The summed E-state index contributed by atoms with van der Waals surface area (Å²) >= 11 is 3.42. The minimum atomic E-state index is 1.07. The van der Waals surface area contributed by atoms with E-state index in [9.17, 15) is 0 Å². The summed E-state index contributed by atoms with van der Waals surface area (Å²) in [5, 5.41) is 0. The molecule has 0 spiro atoms. The van der Waals surface area contributed by atoms with Crippen molar-refractivity contribution in [2.24, 2.45) is 0 Å². The van der Waals surface area contributed by atoms with Crippen LogP contribution >= 0.6 is 15.9 Å². The van der Waals surface area contributed by atoms with Crippen LogP contribution in [0.4, 0.5) is 0 Å². The number of allylic oxidation sites excluding steroid dienone is 1. The van der Waals surface area contributed by atoms with Gasteiger partial charge in [0.25, 0.3) is 0 Å².